The fraction of sp³-hybridized carbons (Fsp3) is 0.429. The molecule has 0 saturated heterocycles. The summed E-state index contributed by atoms with van der Waals surface area (Å²) in [7, 11) is 3.64. The predicted molar refractivity (Wildman–Crippen MR) is 84.7 cm³/mol. The van der Waals surface area contributed by atoms with Crippen molar-refractivity contribution in [3.8, 4) is 0 Å². The fourth-order valence-electron chi connectivity index (χ4n) is 1.82. The van der Waals surface area contributed by atoms with Crippen LogP contribution in [0, 0.1) is 6.92 Å². The predicted octanol–water partition coefficient (Wildman–Crippen LogP) is 2.36. The summed E-state index contributed by atoms with van der Waals surface area (Å²) in [5.74, 6) is 1.71. The van der Waals surface area contributed by atoms with Gasteiger partial charge >= 0.3 is 0 Å². The number of carbonyl (C=O) groups excluding carboxylic acids is 1. The summed E-state index contributed by atoms with van der Waals surface area (Å²) in [4.78, 5) is 20.7. The summed E-state index contributed by atoms with van der Waals surface area (Å²) >= 11 is 1.31. The lowest BCUT2D eigenvalue weighted by Crippen LogP contribution is -2.25. The van der Waals surface area contributed by atoms with Crippen molar-refractivity contribution in [1.82, 2.24) is 9.88 Å². The van der Waals surface area contributed by atoms with E-state index in [0.29, 0.717) is 11.4 Å². The van der Waals surface area contributed by atoms with Crippen LogP contribution in [-0.4, -0.2) is 36.4 Å². The van der Waals surface area contributed by atoms with Gasteiger partial charge in [0.05, 0.1) is 6.54 Å². The van der Waals surface area contributed by atoms with Crippen LogP contribution in [0.3, 0.4) is 0 Å². The summed E-state index contributed by atoms with van der Waals surface area (Å²) in [6, 6.07) is 3.74. The third-order valence-corrected chi connectivity index (χ3v) is 4.35. The van der Waals surface area contributed by atoms with E-state index >= 15 is 0 Å². The molecule has 0 saturated carbocycles. The minimum atomic E-state index is -0.144. The van der Waals surface area contributed by atoms with Gasteiger partial charge in [-0.15, -0.1) is 0 Å². The molecule has 2 heterocycles. The Morgan fingerprint density at radius 3 is 2.71 bits per heavy atom. The Labute approximate surface area is 128 Å². The molecule has 0 aliphatic heterocycles. The second-order valence-corrected chi connectivity index (χ2v) is 5.88. The summed E-state index contributed by atoms with van der Waals surface area (Å²) in [6.45, 7) is 5.11. The molecule has 2 aromatic heterocycles. The first kappa shape index (κ1) is 15.4. The zero-order valence-corrected chi connectivity index (χ0v) is 13.5. The number of nitrogens with two attached hydrogens (primary N) is 1. The van der Waals surface area contributed by atoms with Crippen LogP contribution in [0.25, 0.3) is 0 Å². The molecule has 0 atom stereocenters. The number of hydrogen-bond donors (Lipinski definition) is 1. The first-order chi connectivity index (χ1) is 9.92. The lowest BCUT2D eigenvalue weighted by atomic mass is 10.3. The maximum Gasteiger partial charge on any atom is 0.268 e. The van der Waals surface area contributed by atoms with Crippen LogP contribution in [0.5, 0.6) is 0 Å². The number of aryl methyl sites for hydroxylation is 1. The highest BCUT2D eigenvalue weighted by Crippen LogP contribution is 2.28. The lowest BCUT2D eigenvalue weighted by molar-refractivity contribution is 0.0780. The standard InChI is InChI=1S/C14H20N4O2S/c1-5-17(3)14-16-12(15)11(21-14)13(19)18(4)8-10-7-6-9(2)20-10/h6-7H,5,8,15H2,1-4H3. The van der Waals surface area contributed by atoms with Gasteiger partial charge in [-0.05, 0) is 26.0 Å². The van der Waals surface area contributed by atoms with Crippen LogP contribution in [0.15, 0.2) is 16.5 Å². The van der Waals surface area contributed by atoms with E-state index in [1.165, 1.54) is 11.3 Å². The lowest BCUT2D eigenvalue weighted by Gasteiger charge is -2.14. The van der Waals surface area contributed by atoms with Gasteiger partial charge in [0.15, 0.2) is 5.13 Å². The third-order valence-electron chi connectivity index (χ3n) is 3.17. The average Bonchev–Trinajstić information content (AvgIpc) is 3.03. The van der Waals surface area contributed by atoms with Crippen molar-refractivity contribution in [2.45, 2.75) is 20.4 Å². The maximum absolute atomic E-state index is 12.5. The monoisotopic (exact) mass is 308 g/mol. The van der Waals surface area contributed by atoms with Crippen LogP contribution in [-0.2, 0) is 6.54 Å². The zero-order valence-electron chi connectivity index (χ0n) is 12.7. The summed E-state index contributed by atoms with van der Waals surface area (Å²) < 4.78 is 5.49. The van der Waals surface area contributed by atoms with Crippen molar-refractivity contribution >= 4 is 28.2 Å². The number of nitrogen functional groups attached to an aromatic ring is 1. The number of rotatable bonds is 5. The molecule has 0 spiro atoms. The van der Waals surface area contributed by atoms with Crippen LogP contribution >= 0.6 is 11.3 Å². The molecule has 7 heteroatoms. The number of carbonyl (C=O) groups is 1. The van der Waals surface area contributed by atoms with Gasteiger partial charge < -0.3 is 20.0 Å². The Morgan fingerprint density at radius 2 is 2.14 bits per heavy atom. The number of aromatic nitrogens is 1. The fourth-order valence-corrected chi connectivity index (χ4v) is 2.83. The van der Waals surface area contributed by atoms with E-state index in [1.54, 1.807) is 11.9 Å². The number of thiazole rings is 1. The highest BCUT2D eigenvalue weighted by atomic mass is 32.1. The van der Waals surface area contributed by atoms with E-state index in [-0.39, 0.29) is 11.7 Å². The first-order valence-electron chi connectivity index (χ1n) is 6.70. The molecule has 6 nitrogen and oxygen atoms in total. The molecular formula is C14H20N4O2S. The number of amides is 1. The molecule has 2 N–H and O–H groups in total. The van der Waals surface area contributed by atoms with E-state index in [4.69, 9.17) is 10.2 Å². The van der Waals surface area contributed by atoms with Gasteiger partial charge in [-0.25, -0.2) is 4.98 Å². The minimum absolute atomic E-state index is 0.144. The number of furan rings is 1. The van der Waals surface area contributed by atoms with Crippen molar-refractivity contribution in [3.05, 3.63) is 28.5 Å². The zero-order chi connectivity index (χ0) is 15.6. The van der Waals surface area contributed by atoms with Gasteiger partial charge in [-0.3, -0.25) is 4.79 Å². The Bertz CT molecular complexity index is 635. The van der Waals surface area contributed by atoms with Crippen LogP contribution in [0.1, 0.15) is 28.1 Å². The molecule has 21 heavy (non-hydrogen) atoms. The van der Waals surface area contributed by atoms with Crippen LogP contribution in [0.4, 0.5) is 10.9 Å². The number of nitrogens with zero attached hydrogens (tertiary/aromatic N) is 3. The van der Waals surface area contributed by atoms with Gasteiger partial charge in [-0.2, -0.15) is 0 Å². The van der Waals surface area contributed by atoms with Crippen molar-refractivity contribution in [2.24, 2.45) is 0 Å². The topological polar surface area (TPSA) is 75.6 Å². The Kier molecular flexibility index (Phi) is 4.52. The van der Waals surface area contributed by atoms with Gasteiger partial charge in [0.25, 0.3) is 5.91 Å². The van der Waals surface area contributed by atoms with E-state index in [1.807, 2.05) is 37.9 Å². The first-order valence-corrected chi connectivity index (χ1v) is 7.52. The van der Waals surface area contributed by atoms with E-state index in [2.05, 4.69) is 4.98 Å². The molecule has 0 aliphatic rings. The maximum atomic E-state index is 12.5. The Balaban J connectivity index is 2.13. The minimum Gasteiger partial charge on any atom is -0.464 e. The van der Waals surface area contributed by atoms with Crippen LogP contribution < -0.4 is 10.6 Å². The highest BCUT2D eigenvalue weighted by Gasteiger charge is 2.21. The number of anilines is 2. The van der Waals surface area contributed by atoms with E-state index < -0.39 is 0 Å². The van der Waals surface area contributed by atoms with Crippen molar-refractivity contribution in [2.75, 3.05) is 31.3 Å². The summed E-state index contributed by atoms with van der Waals surface area (Å²) in [6.07, 6.45) is 0. The quantitative estimate of drug-likeness (QED) is 0.917. The molecule has 0 aromatic carbocycles. The second kappa shape index (κ2) is 6.17. The van der Waals surface area contributed by atoms with E-state index in [0.717, 1.165) is 23.2 Å². The Hall–Kier alpha value is -2.02. The summed E-state index contributed by atoms with van der Waals surface area (Å²) in [5, 5.41) is 0.751. The highest BCUT2D eigenvalue weighted by molar-refractivity contribution is 7.18. The molecule has 1 amide bonds. The molecule has 2 aromatic rings. The molecule has 0 aliphatic carbocycles. The van der Waals surface area contributed by atoms with Gasteiger partial charge in [0.2, 0.25) is 0 Å². The van der Waals surface area contributed by atoms with E-state index in [9.17, 15) is 4.79 Å². The van der Waals surface area contributed by atoms with Crippen molar-refractivity contribution < 1.29 is 9.21 Å². The van der Waals surface area contributed by atoms with Gasteiger partial charge in [0, 0.05) is 20.6 Å². The molecule has 2 rings (SSSR count). The summed E-state index contributed by atoms with van der Waals surface area (Å²) in [5.41, 5.74) is 5.87. The number of hydrogen-bond acceptors (Lipinski definition) is 6. The largest absolute Gasteiger partial charge is 0.464 e. The van der Waals surface area contributed by atoms with Crippen LogP contribution in [0.2, 0.25) is 0 Å². The molecule has 114 valence electrons. The molecule has 0 radical (unpaired) electrons. The normalized spacial score (nSPS) is 10.7. The third kappa shape index (κ3) is 3.36. The molecule has 0 unspecified atom stereocenters. The van der Waals surface area contributed by atoms with Gasteiger partial charge in [0.1, 0.15) is 22.2 Å². The smallest absolute Gasteiger partial charge is 0.268 e. The molecular weight excluding hydrogens is 288 g/mol. The van der Waals surface area contributed by atoms with Gasteiger partial charge in [-0.1, -0.05) is 11.3 Å². The molecule has 0 fully saturated rings. The second-order valence-electron chi connectivity index (χ2n) is 4.90. The SMILES string of the molecule is CCN(C)c1nc(N)c(C(=O)N(C)Cc2ccc(C)o2)s1. The van der Waals surface area contributed by atoms with Crippen molar-refractivity contribution in [3.63, 3.8) is 0 Å². The Morgan fingerprint density at radius 1 is 1.43 bits per heavy atom. The average molecular weight is 308 g/mol. The van der Waals surface area contributed by atoms with Crippen molar-refractivity contribution in [1.29, 1.82) is 0 Å². The molecule has 0 bridgehead atoms.